The molecular weight excluding hydrogens is 254 g/mol. The molecule has 0 amide bonds. The van der Waals surface area contributed by atoms with Crippen LogP contribution in [-0.4, -0.2) is 16.8 Å². The molecule has 1 heterocycles. The number of halogens is 3. The summed E-state index contributed by atoms with van der Waals surface area (Å²) in [6.45, 7) is 0.510. The second-order valence-corrected chi connectivity index (χ2v) is 5.40. The monoisotopic (exact) mass is 264 g/mol. The molecule has 1 unspecified atom stereocenters. The molecule has 1 saturated heterocycles. The quantitative estimate of drug-likeness (QED) is 0.739. The van der Waals surface area contributed by atoms with Crippen molar-refractivity contribution in [1.82, 2.24) is 0 Å². The van der Waals surface area contributed by atoms with E-state index in [1.165, 1.54) is 0 Å². The standard InChI is InChI=1S/C11H11Cl3O/c12-6-9-7-15-10(11(9,13)14)8-4-2-1-3-5-8/h1-5,9-10H,6-7H2/t9-,10?/m1/s1. The normalized spacial score (nSPS) is 29.3. The Hall–Kier alpha value is 0.0500. The second-order valence-electron chi connectivity index (χ2n) is 3.65. The van der Waals surface area contributed by atoms with Gasteiger partial charge < -0.3 is 4.74 Å². The molecule has 1 aliphatic heterocycles. The number of hydrogen-bond donors (Lipinski definition) is 0. The van der Waals surface area contributed by atoms with Gasteiger partial charge in [0.25, 0.3) is 0 Å². The highest BCUT2D eigenvalue weighted by Gasteiger charge is 2.49. The van der Waals surface area contributed by atoms with Crippen molar-refractivity contribution in [2.24, 2.45) is 5.92 Å². The fraction of sp³-hybridized carbons (Fsp3) is 0.455. The van der Waals surface area contributed by atoms with Crippen LogP contribution in [0.4, 0.5) is 0 Å². The first-order chi connectivity index (χ1) is 7.16. The Bertz CT molecular complexity index is 326. The topological polar surface area (TPSA) is 9.23 Å². The number of benzene rings is 1. The van der Waals surface area contributed by atoms with Crippen molar-refractivity contribution in [3.05, 3.63) is 35.9 Å². The molecule has 1 aliphatic rings. The Morgan fingerprint density at radius 1 is 1.27 bits per heavy atom. The van der Waals surface area contributed by atoms with Crippen LogP contribution in [-0.2, 0) is 4.74 Å². The zero-order valence-electron chi connectivity index (χ0n) is 8.00. The molecule has 0 aliphatic carbocycles. The largest absolute Gasteiger partial charge is 0.370 e. The van der Waals surface area contributed by atoms with E-state index in [-0.39, 0.29) is 12.0 Å². The number of hydrogen-bond acceptors (Lipinski definition) is 1. The molecular formula is C11H11Cl3O. The molecule has 1 nitrogen and oxygen atoms in total. The summed E-state index contributed by atoms with van der Waals surface area (Å²) in [5.74, 6) is 0.392. The minimum atomic E-state index is -0.927. The first kappa shape index (κ1) is 11.5. The summed E-state index contributed by atoms with van der Waals surface area (Å²) in [7, 11) is 0. The van der Waals surface area contributed by atoms with Crippen molar-refractivity contribution in [3.63, 3.8) is 0 Å². The molecule has 0 N–H and O–H groups in total. The van der Waals surface area contributed by atoms with Crippen LogP contribution in [0.25, 0.3) is 0 Å². The van der Waals surface area contributed by atoms with Crippen molar-refractivity contribution in [2.75, 3.05) is 12.5 Å². The second kappa shape index (κ2) is 4.50. The fourth-order valence-electron chi connectivity index (χ4n) is 1.74. The lowest BCUT2D eigenvalue weighted by molar-refractivity contribution is 0.106. The van der Waals surface area contributed by atoms with Crippen LogP contribution in [0.5, 0.6) is 0 Å². The summed E-state index contributed by atoms with van der Waals surface area (Å²) in [5, 5.41) is 0. The highest BCUT2D eigenvalue weighted by atomic mass is 35.5. The summed E-state index contributed by atoms with van der Waals surface area (Å²) >= 11 is 18.4. The van der Waals surface area contributed by atoms with E-state index in [0.29, 0.717) is 12.5 Å². The van der Waals surface area contributed by atoms with E-state index in [1.807, 2.05) is 30.3 Å². The Kier molecular flexibility index (Phi) is 3.46. The van der Waals surface area contributed by atoms with E-state index in [4.69, 9.17) is 39.5 Å². The lowest BCUT2D eigenvalue weighted by Crippen LogP contribution is -2.27. The highest BCUT2D eigenvalue weighted by molar-refractivity contribution is 6.49. The van der Waals surface area contributed by atoms with Crippen LogP contribution in [0.15, 0.2) is 30.3 Å². The van der Waals surface area contributed by atoms with Crippen molar-refractivity contribution in [1.29, 1.82) is 0 Å². The maximum Gasteiger partial charge on any atom is 0.154 e. The van der Waals surface area contributed by atoms with Gasteiger partial charge in [-0.25, -0.2) is 0 Å². The molecule has 2 rings (SSSR count). The van der Waals surface area contributed by atoms with Crippen molar-refractivity contribution in [3.8, 4) is 0 Å². The van der Waals surface area contributed by atoms with Crippen LogP contribution in [0.1, 0.15) is 11.7 Å². The SMILES string of the molecule is ClC[C@@H]1COC(c2ccccc2)C1(Cl)Cl. The Morgan fingerprint density at radius 2 is 1.93 bits per heavy atom. The molecule has 0 radical (unpaired) electrons. The van der Waals surface area contributed by atoms with Gasteiger partial charge in [-0.1, -0.05) is 53.5 Å². The van der Waals surface area contributed by atoms with E-state index in [0.717, 1.165) is 5.56 Å². The lowest BCUT2D eigenvalue weighted by atomic mass is 10.0. The number of rotatable bonds is 2. The van der Waals surface area contributed by atoms with E-state index in [2.05, 4.69) is 0 Å². The summed E-state index contributed by atoms with van der Waals surface area (Å²) in [4.78, 5) is 0. The van der Waals surface area contributed by atoms with Gasteiger partial charge in [0.2, 0.25) is 0 Å². The Labute approximate surface area is 104 Å². The fourth-order valence-corrected chi connectivity index (χ4v) is 2.89. The van der Waals surface area contributed by atoms with Gasteiger partial charge in [0.05, 0.1) is 6.61 Å². The number of alkyl halides is 3. The maximum atomic E-state index is 6.29. The molecule has 82 valence electrons. The zero-order valence-corrected chi connectivity index (χ0v) is 10.3. The maximum absolute atomic E-state index is 6.29. The minimum Gasteiger partial charge on any atom is -0.370 e. The van der Waals surface area contributed by atoms with Crippen LogP contribution < -0.4 is 0 Å². The van der Waals surface area contributed by atoms with Crippen molar-refractivity contribution < 1.29 is 4.74 Å². The minimum absolute atomic E-state index is 0.0206. The first-order valence-corrected chi connectivity index (χ1v) is 6.05. The van der Waals surface area contributed by atoms with Gasteiger partial charge in [-0.15, -0.1) is 11.6 Å². The average Bonchev–Trinajstić information content (AvgIpc) is 2.54. The molecule has 0 aromatic heterocycles. The number of ether oxygens (including phenoxy) is 1. The van der Waals surface area contributed by atoms with E-state index in [9.17, 15) is 0 Å². The molecule has 0 spiro atoms. The van der Waals surface area contributed by atoms with Crippen LogP contribution in [0.3, 0.4) is 0 Å². The molecule has 15 heavy (non-hydrogen) atoms. The Morgan fingerprint density at radius 3 is 2.47 bits per heavy atom. The summed E-state index contributed by atoms with van der Waals surface area (Å²) < 4.78 is 4.68. The van der Waals surface area contributed by atoms with E-state index in [1.54, 1.807) is 0 Å². The van der Waals surface area contributed by atoms with Gasteiger partial charge in [-0.05, 0) is 5.56 Å². The average molecular weight is 266 g/mol. The van der Waals surface area contributed by atoms with Crippen LogP contribution >= 0.6 is 34.8 Å². The predicted octanol–water partition coefficient (Wildman–Crippen LogP) is 3.79. The van der Waals surface area contributed by atoms with Gasteiger partial charge >= 0.3 is 0 Å². The van der Waals surface area contributed by atoms with Gasteiger partial charge in [-0.2, -0.15) is 0 Å². The molecule has 1 fully saturated rings. The van der Waals surface area contributed by atoms with Gasteiger partial charge in [0, 0.05) is 11.8 Å². The van der Waals surface area contributed by atoms with Gasteiger partial charge in [-0.3, -0.25) is 0 Å². The summed E-state index contributed by atoms with van der Waals surface area (Å²) in [6, 6.07) is 9.75. The molecule has 1 aromatic rings. The molecule has 4 heteroatoms. The smallest absolute Gasteiger partial charge is 0.154 e. The third kappa shape index (κ3) is 2.12. The van der Waals surface area contributed by atoms with Crippen LogP contribution in [0.2, 0.25) is 0 Å². The lowest BCUT2D eigenvalue weighted by Gasteiger charge is -2.24. The van der Waals surface area contributed by atoms with E-state index < -0.39 is 4.33 Å². The zero-order chi connectivity index (χ0) is 10.9. The summed E-state index contributed by atoms with van der Waals surface area (Å²) in [5.41, 5.74) is 0.995. The predicted molar refractivity (Wildman–Crippen MR) is 63.8 cm³/mol. The summed E-state index contributed by atoms with van der Waals surface area (Å²) in [6.07, 6.45) is -0.286. The molecule has 1 aromatic carbocycles. The highest BCUT2D eigenvalue weighted by Crippen LogP contribution is 2.49. The first-order valence-electron chi connectivity index (χ1n) is 4.76. The van der Waals surface area contributed by atoms with Gasteiger partial charge in [0.15, 0.2) is 4.33 Å². The van der Waals surface area contributed by atoms with E-state index >= 15 is 0 Å². The molecule has 2 atom stereocenters. The van der Waals surface area contributed by atoms with Crippen molar-refractivity contribution >= 4 is 34.8 Å². The van der Waals surface area contributed by atoms with Gasteiger partial charge in [0.1, 0.15) is 6.10 Å². The Balaban J connectivity index is 2.26. The van der Waals surface area contributed by atoms with Crippen molar-refractivity contribution in [2.45, 2.75) is 10.4 Å². The molecule has 0 saturated carbocycles. The van der Waals surface area contributed by atoms with Crippen LogP contribution in [0, 0.1) is 5.92 Å². The third-order valence-electron chi connectivity index (χ3n) is 2.65. The third-order valence-corrected chi connectivity index (χ3v) is 4.03. The molecule has 0 bridgehead atoms.